The van der Waals surface area contributed by atoms with Gasteiger partial charge in [-0.2, -0.15) is 18.3 Å². The van der Waals surface area contributed by atoms with E-state index in [1.807, 2.05) is 29.6 Å². The molecule has 170 valence electrons. The molecule has 0 saturated heterocycles. The first kappa shape index (κ1) is 21.4. The normalized spacial score (nSPS) is 14.1. The highest BCUT2D eigenvalue weighted by Gasteiger charge is 2.31. The third kappa shape index (κ3) is 3.71. The minimum absolute atomic E-state index is 0.279. The Morgan fingerprint density at radius 3 is 2.45 bits per heavy atom. The molecule has 3 heterocycles. The molecule has 0 unspecified atom stereocenters. The van der Waals surface area contributed by atoms with Gasteiger partial charge in [-0.3, -0.25) is 4.68 Å². The van der Waals surface area contributed by atoms with Crippen molar-refractivity contribution in [3.63, 3.8) is 0 Å². The number of nitrogens with zero attached hydrogens (tertiary/aromatic N) is 5. The Labute approximate surface area is 187 Å². The van der Waals surface area contributed by atoms with Gasteiger partial charge in [-0.15, -0.1) is 0 Å². The fourth-order valence-corrected chi connectivity index (χ4v) is 4.35. The predicted molar refractivity (Wildman–Crippen MR) is 117 cm³/mol. The predicted octanol–water partition coefficient (Wildman–Crippen LogP) is 5.60. The van der Waals surface area contributed by atoms with Crippen molar-refractivity contribution < 1.29 is 17.6 Å². The van der Waals surface area contributed by atoms with Crippen LogP contribution < -0.4 is 4.90 Å². The monoisotopic (exact) mass is 455 g/mol. The molecule has 0 atom stereocenters. The van der Waals surface area contributed by atoms with E-state index in [9.17, 15) is 13.2 Å². The van der Waals surface area contributed by atoms with E-state index in [2.05, 4.69) is 15.1 Å². The topological polar surface area (TPSA) is 46.8 Å². The molecule has 2 aromatic heterocycles. The average Bonchev–Trinajstić information content (AvgIpc) is 3.14. The Morgan fingerprint density at radius 1 is 0.909 bits per heavy atom. The molecule has 0 radical (unpaired) electrons. The van der Waals surface area contributed by atoms with Crippen molar-refractivity contribution in [2.75, 3.05) is 11.4 Å². The van der Waals surface area contributed by atoms with Gasteiger partial charge in [0.15, 0.2) is 5.82 Å². The zero-order valence-electron chi connectivity index (χ0n) is 18.3. The summed E-state index contributed by atoms with van der Waals surface area (Å²) in [6, 6.07) is 5.29. The Kier molecular flexibility index (Phi) is 4.88. The molecule has 4 aromatic rings. The highest BCUT2D eigenvalue weighted by Crippen LogP contribution is 2.34. The molecule has 0 spiro atoms. The SMILES string of the molecule is Cc1cc(N2CCn3ncc(C)c3C2)c(F)cc1-c1ncc2cc(C(F)(F)F)cc(C)c2n1. The summed E-state index contributed by atoms with van der Waals surface area (Å²) in [6.07, 6.45) is -1.27. The maximum Gasteiger partial charge on any atom is 0.416 e. The maximum absolute atomic E-state index is 15.2. The molecule has 0 bridgehead atoms. The second-order valence-corrected chi connectivity index (χ2v) is 8.46. The maximum atomic E-state index is 15.2. The van der Waals surface area contributed by atoms with Crippen molar-refractivity contribution >= 4 is 16.6 Å². The lowest BCUT2D eigenvalue weighted by Crippen LogP contribution is -2.34. The highest BCUT2D eigenvalue weighted by molar-refractivity contribution is 5.84. The number of hydrogen-bond acceptors (Lipinski definition) is 4. The van der Waals surface area contributed by atoms with Crippen LogP contribution in [0.4, 0.5) is 23.2 Å². The van der Waals surface area contributed by atoms with Crippen molar-refractivity contribution in [1.29, 1.82) is 0 Å². The van der Waals surface area contributed by atoms with Gasteiger partial charge in [0.05, 0.1) is 41.7 Å². The van der Waals surface area contributed by atoms with Gasteiger partial charge in [-0.05, 0) is 61.7 Å². The molecule has 0 N–H and O–H groups in total. The van der Waals surface area contributed by atoms with Crippen LogP contribution in [0.2, 0.25) is 0 Å². The molecule has 5 nitrogen and oxygen atoms in total. The number of aromatic nitrogens is 4. The molecule has 1 aliphatic heterocycles. The summed E-state index contributed by atoms with van der Waals surface area (Å²) in [5.41, 5.74) is 3.98. The van der Waals surface area contributed by atoms with Gasteiger partial charge in [0.25, 0.3) is 0 Å². The van der Waals surface area contributed by atoms with Crippen LogP contribution in [0, 0.1) is 26.6 Å². The minimum atomic E-state index is -4.45. The van der Waals surface area contributed by atoms with Crippen LogP contribution in [0.5, 0.6) is 0 Å². The second kappa shape index (κ2) is 7.54. The van der Waals surface area contributed by atoms with Gasteiger partial charge in [0.1, 0.15) is 5.82 Å². The molecule has 0 fully saturated rings. The van der Waals surface area contributed by atoms with Gasteiger partial charge in [-0.1, -0.05) is 0 Å². The molecule has 33 heavy (non-hydrogen) atoms. The largest absolute Gasteiger partial charge is 0.416 e. The highest BCUT2D eigenvalue weighted by atomic mass is 19.4. The number of benzene rings is 2. The zero-order valence-corrected chi connectivity index (χ0v) is 18.3. The summed E-state index contributed by atoms with van der Waals surface area (Å²) < 4.78 is 56.5. The van der Waals surface area contributed by atoms with Gasteiger partial charge >= 0.3 is 6.18 Å². The number of alkyl halides is 3. The average molecular weight is 455 g/mol. The summed E-state index contributed by atoms with van der Waals surface area (Å²) >= 11 is 0. The first-order chi connectivity index (χ1) is 15.6. The van der Waals surface area contributed by atoms with Crippen LogP contribution in [0.3, 0.4) is 0 Å². The Bertz CT molecular complexity index is 1390. The fourth-order valence-electron chi connectivity index (χ4n) is 4.35. The van der Waals surface area contributed by atoms with E-state index in [0.717, 1.165) is 29.0 Å². The quantitative estimate of drug-likeness (QED) is 0.370. The number of hydrogen-bond donors (Lipinski definition) is 0. The van der Waals surface area contributed by atoms with Crippen LogP contribution in [0.15, 0.2) is 36.7 Å². The summed E-state index contributed by atoms with van der Waals surface area (Å²) in [6.45, 7) is 7.30. The Morgan fingerprint density at radius 2 is 1.70 bits per heavy atom. The van der Waals surface area contributed by atoms with Crippen molar-refractivity contribution in [1.82, 2.24) is 19.7 Å². The van der Waals surface area contributed by atoms with Gasteiger partial charge in [0.2, 0.25) is 0 Å². The molecule has 1 aliphatic rings. The standard InChI is InChI=1S/C24H21F4N5/c1-13-7-20(32-4-5-33-21(12-32)15(3)10-30-33)19(25)9-18(13)23-29-11-16-8-17(24(26,27)28)6-14(2)22(16)31-23/h6-11H,4-5,12H2,1-3H3. The lowest BCUT2D eigenvalue weighted by molar-refractivity contribution is -0.137. The van der Waals surface area contributed by atoms with Gasteiger partial charge < -0.3 is 4.90 Å². The Balaban J connectivity index is 1.52. The number of fused-ring (bicyclic) bond motifs is 2. The smallest absolute Gasteiger partial charge is 0.361 e. The van der Waals surface area contributed by atoms with E-state index in [0.29, 0.717) is 47.4 Å². The molecule has 0 aliphatic carbocycles. The molecule has 0 saturated carbocycles. The van der Waals surface area contributed by atoms with Gasteiger partial charge in [0, 0.05) is 23.7 Å². The second-order valence-electron chi connectivity index (χ2n) is 8.46. The number of anilines is 1. The molecular formula is C24H21F4N5. The third-order valence-corrected chi connectivity index (χ3v) is 6.16. The van der Waals surface area contributed by atoms with E-state index < -0.39 is 17.6 Å². The van der Waals surface area contributed by atoms with Crippen LogP contribution in [-0.4, -0.2) is 26.3 Å². The van der Waals surface area contributed by atoms with Crippen LogP contribution in [0.25, 0.3) is 22.3 Å². The van der Waals surface area contributed by atoms with Crippen LogP contribution in [-0.2, 0) is 19.3 Å². The van der Waals surface area contributed by atoms with Crippen LogP contribution in [0.1, 0.15) is 27.9 Å². The van der Waals surface area contributed by atoms with E-state index in [1.54, 1.807) is 13.0 Å². The fraction of sp³-hybridized carbons (Fsp3) is 0.292. The summed E-state index contributed by atoms with van der Waals surface area (Å²) in [7, 11) is 0. The molecule has 9 heteroatoms. The molecule has 5 rings (SSSR count). The molecular weight excluding hydrogens is 434 g/mol. The van der Waals surface area contributed by atoms with E-state index in [4.69, 9.17) is 0 Å². The summed E-state index contributed by atoms with van der Waals surface area (Å²) in [5, 5.41) is 4.64. The van der Waals surface area contributed by atoms with Crippen molar-refractivity contribution in [3.05, 3.63) is 70.4 Å². The first-order valence-electron chi connectivity index (χ1n) is 10.5. The molecule has 0 amide bonds. The van der Waals surface area contributed by atoms with E-state index >= 15 is 4.39 Å². The van der Waals surface area contributed by atoms with E-state index in [-0.39, 0.29) is 5.82 Å². The van der Waals surface area contributed by atoms with Crippen molar-refractivity contribution in [2.24, 2.45) is 0 Å². The first-order valence-corrected chi connectivity index (χ1v) is 10.5. The van der Waals surface area contributed by atoms with Crippen molar-refractivity contribution in [2.45, 2.75) is 40.0 Å². The Hall–Kier alpha value is -3.49. The lowest BCUT2D eigenvalue weighted by atomic mass is 10.0. The summed E-state index contributed by atoms with van der Waals surface area (Å²) in [4.78, 5) is 10.7. The number of halogens is 4. The van der Waals surface area contributed by atoms with E-state index in [1.165, 1.54) is 12.3 Å². The van der Waals surface area contributed by atoms with Gasteiger partial charge in [-0.25, -0.2) is 14.4 Å². The number of rotatable bonds is 2. The van der Waals surface area contributed by atoms with Crippen LogP contribution >= 0.6 is 0 Å². The minimum Gasteiger partial charge on any atom is -0.361 e. The third-order valence-electron chi connectivity index (χ3n) is 6.16. The lowest BCUT2D eigenvalue weighted by Gasteiger charge is -2.31. The molecule has 2 aromatic carbocycles. The zero-order chi connectivity index (χ0) is 23.5. The summed E-state index contributed by atoms with van der Waals surface area (Å²) in [5.74, 6) is -0.116. The number of aryl methyl sites for hydroxylation is 3. The van der Waals surface area contributed by atoms with Crippen molar-refractivity contribution in [3.8, 4) is 11.4 Å².